The first-order valence-electron chi connectivity index (χ1n) is 7.58. The summed E-state index contributed by atoms with van der Waals surface area (Å²) in [6.07, 6.45) is 4.76. The van der Waals surface area contributed by atoms with Crippen molar-refractivity contribution in [3.8, 4) is 0 Å². The first kappa shape index (κ1) is 15.6. The van der Waals surface area contributed by atoms with Crippen molar-refractivity contribution in [2.75, 3.05) is 13.7 Å². The molecule has 5 atom stereocenters. The summed E-state index contributed by atoms with van der Waals surface area (Å²) in [4.78, 5) is 24.0. The van der Waals surface area contributed by atoms with Crippen molar-refractivity contribution in [2.24, 2.45) is 11.8 Å². The Balaban J connectivity index is 2.13. The zero-order valence-electron chi connectivity index (χ0n) is 12.1. The molecular formula is C15H20Cl2O4. The van der Waals surface area contributed by atoms with Crippen LogP contribution in [0, 0.1) is 11.8 Å². The first-order valence-corrected chi connectivity index (χ1v) is 8.40. The third-order valence-electron chi connectivity index (χ3n) is 5.45. The van der Waals surface area contributed by atoms with Gasteiger partial charge in [-0.25, -0.2) is 0 Å². The van der Waals surface area contributed by atoms with E-state index in [1.807, 2.05) is 0 Å². The zero-order valence-corrected chi connectivity index (χ0v) is 13.6. The molecule has 1 spiro atoms. The Labute approximate surface area is 134 Å². The van der Waals surface area contributed by atoms with Gasteiger partial charge in [0.2, 0.25) is 0 Å². The van der Waals surface area contributed by atoms with E-state index in [4.69, 9.17) is 32.7 Å². The minimum Gasteiger partial charge on any atom is -0.468 e. The predicted octanol–water partition coefficient (Wildman–Crippen LogP) is 2.68. The highest BCUT2D eigenvalue weighted by Gasteiger charge is 2.72. The van der Waals surface area contributed by atoms with Crippen LogP contribution in [0.3, 0.4) is 0 Å². The Kier molecular flexibility index (Phi) is 4.00. The van der Waals surface area contributed by atoms with E-state index >= 15 is 0 Å². The molecule has 2 saturated carbocycles. The van der Waals surface area contributed by atoms with Crippen molar-refractivity contribution in [3.05, 3.63) is 0 Å². The molecule has 2 aliphatic carbocycles. The van der Waals surface area contributed by atoms with E-state index in [9.17, 15) is 9.59 Å². The van der Waals surface area contributed by atoms with Gasteiger partial charge in [0, 0.05) is 6.61 Å². The van der Waals surface area contributed by atoms with Crippen LogP contribution in [0.5, 0.6) is 0 Å². The van der Waals surface area contributed by atoms with Gasteiger partial charge in [-0.1, -0.05) is 12.8 Å². The van der Waals surface area contributed by atoms with E-state index in [-0.39, 0.29) is 17.6 Å². The molecule has 118 valence electrons. The SMILES string of the molecule is COC(=O)[C@]1(Cl)[C@H]2CCCC[C@H]2[C@H](Cl)C(=O)[C@]12CCCO2. The van der Waals surface area contributed by atoms with Crippen LogP contribution >= 0.6 is 23.2 Å². The number of rotatable bonds is 1. The Bertz CT molecular complexity index is 461. The van der Waals surface area contributed by atoms with Gasteiger partial charge in [0.05, 0.1) is 12.5 Å². The lowest BCUT2D eigenvalue weighted by Crippen LogP contribution is -2.71. The molecular weight excluding hydrogens is 315 g/mol. The van der Waals surface area contributed by atoms with Gasteiger partial charge in [0.15, 0.2) is 16.3 Å². The second-order valence-corrected chi connectivity index (χ2v) is 7.37. The van der Waals surface area contributed by atoms with Crippen LogP contribution in [0.25, 0.3) is 0 Å². The summed E-state index contributed by atoms with van der Waals surface area (Å²) in [6.45, 7) is 0.429. The van der Waals surface area contributed by atoms with Crippen LogP contribution in [-0.4, -0.2) is 41.3 Å². The van der Waals surface area contributed by atoms with Gasteiger partial charge in [0.25, 0.3) is 0 Å². The zero-order chi connectivity index (χ0) is 15.3. The average molecular weight is 335 g/mol. The fourth-order valence-corrected chi connectivity index (χ4v) is 5.55. The largest absolute Gasteiger partial charge is 0.468 e. The number of carbonyl (C=O) groups is 2. The van der Waals surface area contributed by atoms with Crippen molar-refractivity contribution >= 4 is 35.0 Å². The molecule has 0 amide bonds. The van der Waals surface area contributed by atoms with Gasteiger partial charge in [-0.3, -0.25) is 9.59 Å². The fraction of sp³-hybridized carbons (Fsp3) is 0.867. The minimum absolute atomic E-state index is 0.0701. The standard InChI is InChI=1S/C15H20Cl2O4/c1-20-13(19)15(17)10-6-3-2-5-9(10)11(16)12(18)14(15)7-4-8-21-14/h9-11H,2-8H2,1H3/t9-,10+,11+,14-,15-/m1/s1. The molecule has 3 aliphatic rings. The number of ketones is 1. The molecule has 1 saturated heterocycles. The summed E-state index contributed by atoms with van der Waals surface area (Å²) in [6, 6.07) is 0. The molecule has 0 aromatic rings. The average Bonchev–Trinajstić information content (AvgIpc) is 3.01. The lowest BCUT2D eigenvalue weighted by molar-refractivity contribution is -0.174. The fourth-order valence-electron chi connectivity index (χ4n) is 4.49. The number of methoxy groups -OCH3 is 1. The normalized spacial score (nSPS) is 46.4. The predicted molar refractivity (Wildman–Crippen MR) is 78.6 cm³/mol. The highest BCUT2D eigenvalue weighted by molar-refractivity contribution is 6.41. The number of ether oxygens (including phenoxy) is 2. The molecule has 3 fully saturated rings. The highest BCUT2D eigenvalue weighted by atomic mass is 35.5. The number of carbonyl (C=O) groups excluding carboxylic acids is 2. The van der Waals surface area contributed by atoms with Crippen molar-refractivity contribution in [2.45, 2.75) is 54.4 Å². The summed E-state index contributed by atoms with van der Waals surface area (Å²) in [5.41, 5.74) is -1.31. The van der Waals surface area contributed by atoms with Crippen LogP contribution in [0.1, 0.15) is 38.5 Å². The molecule has 4 nitrogen and oxygen atoms in total. The molecule has 0 unspecified atom stereocenters. The number of alkyl halides is 2. The monoisotopic (exact) mass is 334 g/mol. The maximum atomic E-state index is 12.9. The topological polar surface area (TPSA) is 52.6 Å². The van der Waals surface area contributed by atoms with Gasteiger partial charge in [-0.15, -0.1) is 23.2 Å². The van der Waals surface area contributed by atoms with Gasteiger partial charge in [0.1, 0.15) is 0 Å². The molecule has 0 bridgehead atoms. The van der Waals surface area contributed by atoms with Crippen LogP contribution in [0.15, 0.2) is 0 Å². The lowest BCUT2D eigenvalue weighted by atomic mass is 9.57. The Morgan fingerprint density at radius 2 is 2.05 bits per heavy atom. The Morgan fingerprint density at radius 1 is 1.33 bits per heavy atom. The maximum Gasteiger partial charge on any atom is 0.330 e. The molecule has 0 aromatic carbocycles. The summed E-state index contributed by atoms with van der Waals surface area (Å²) in [5.74, 6) is -1.02. The number of Topliss-reactive ketones (excluding diaryl/α,β-unsaturated/α-hetero) is 1. The van der Waals surface area contributed by atoms with Gasteiger partial charge in [-0.2, -0.15) is 0 Å². The van der Waals surface area contributed by atoms with E-state index < -0.39 is 21.8 Å². The van der Waals surface area contributed by atoms with Crippen LogP contribution in [0.2, 0.25) is 0 Å². The molecule has 0 aromatic heterocycles. The number of esters is 1. The first-order chi connectivity index (χ1) is 9.99. The van der Waals surface area contributed by atoms with E-state index in [0.717, 1.165) is 25.7 Å². The van der Waals surface area contributed by atoms with E-state index in [2.05, 4.69) is 0 Å². The molecule has 1 aliphatic heterocycles. The summed E-state index contributed by atoms with van der Waals surface area (Å²) >= 11 is 13.3. The van der Waals surface area contributed by atoms with E-state index in [1.165, 1.54) is 7.11 Å². The van der Waals surface area contributed by atoms with Crippen LogP contribution < -0.4 is 0 Å². The van der Waals surface area contributed by atoms with E-state index in [0.29, 0.717) is 19.4 Å². The highest BCUT2D eigenvalue weighted by Crippen LogP contribution is 2.58. The molecule has 3 rings (SSSR count). The number of hydrogen-bond donors (Lipinski definition) is 0. The second kappa shape index (κ2) is 5.39. The smallest absolute Gasteiger partial charge is 0.330 e. The van der Waals surface area contributed by atoms with Crippen molar-refractivity contribution < 1.29 is 19.1 Å². The third kappa shape index (κ3) is 1.91. The quantitative estimate of drug-likeness (QED) is 0.546. The molecule has 6 heteroatoms. The van der Waals surface area contributed by atoms with Gasteiger partial charge in [-0.05, 0) is 37.5 Å². The molecule has 0 radical (unpaired) electrons. The van der Waals surface area contributed by atoms with Crippen LogP contribution in [-0.2, 0) is 19.1 Å². The lowest BCUT2D eigenvalue weighted by Gasteiger charge is -2.54. The third-order valence-corrected chi connectivity index (χ3v) is 6.71. The summed E-state index contributed by atoms with van der Waals surface area (Å²) in [7, 11) is 1.31. The Morgan fingerprint density at radius 3 is 2.67 bits per heavy atom. The molecule has 0 N–H and O–H groups in total. The van der Waals surface area contributed by atoms with E-state index in [1.54, 1.807) is 0 Å². The van der Waals surface area contributed by atoms with Crippen molar-refractivity contribution in [1.29, 1.82) is 0 Å². The summed E-state index contributed by atoms with van der Waals surface area (Å²) in [5, 5.41) is -0.620. The molecule has 21 heavy (non-hydrogen) atoms. The number of hydrogen-bond acceptors (Lipinski definition) is 4. The van der Waals surface area contributed by atoms with Gasteiger partial charge < -0.3 is 9.47 Å². The van der Waals surface area contributed by atoms with Crippen molar-refractivity contribution in [1.82, 2.24) is 0 Å². The Hall–Kier alpha value is -0.320. The van der Waals surface area contributed by atoms with Gasteiger partial charge >= 0.3 is 5.97 Å². The number of fused-ring (bicyclic) bond motifs is 1. The minimum atomic E-state index is -1.44. The maximum absolute atomic E-state index is 12.9. The van der Waals surface area contributed by atoms with Crippen molar-refractivity contribution in [3.63, 3.8) is 0 Å². The second-order valence-electron chi connectivity index (χ2n) is 6.30. The summed E-state index contributed by atoms with van der Waals surface area (Å²) < 4.78 is 10.8. The van der Waals surface area contributed by atoms with Crippen LogP contribution in [0.4, 0.5) is 0 Å². The molecule has 1 heterocycles. The number of halogens is 2.